The molecule has 0 aliphatic heterocycles. The molecule has 0 aliphatic carbocycles. The number of aryl methyl sites for hydroxylation is 1. The summed E-state index contributed by atoms with van der Waals surface area (Å²) in [5.74, 6) is 0.386. The minimum absolute atomic E-state index is 0.120. The second-order valence-electron chi connectivity index (χ2n) is 8.11. The SMILES string of the molecule is Cc1cccc(OCc2nc(CN(CCCN(C)C)C(=O)c3ccc(F)cc3)cs2)c1C. The van der Waals surface area contributed by atoms with Gasteiger partial charge >= 0.3 is 0 Å². The summed E-state index contributed by atoms with van der Waals surface area (Å²) in [7, 11) is 4.02. The molecular formula is C25H30FN3O2S. The number of carbonyl (C=O) groups is 1. The Morgan fingerprint density at radius 1 is 1.09 bits per heavy atom. The van der Waals surface area contributed by atoms with E-state index in [0.29, 0.717) is 25.3 Å². The van der Waals surface area contributed by atoms with Crippen molar-refractivity contribution in [1.29, 1.82) is 0 Å². The van der Waals surface area contributed by atoms with Crippen LogP contribution in [0.3, 0.4) is 0 Å². The van der Waals surface area contributed by atoms with Crippen LogP contribution in [0, 0.1) is 19.7 Å². The number of halogens is 1. The van der Waals surface area contributed by atoms with Crippen LogP contribution in [0.5, 0.6) is 5.75 Å². The lowest BCUT2D eigenvalue weighted by Crippen LogP contribution is -2.33. The van der Waals surface area contributed by atoms with Crippen LogP contribution in [0.4, 0.5) is 4.39 Å². The molecule has 2 aromatic carbocycles. The highest BCUT2D eigenvalue weighted by Gasteiger charge is 2.18. The average Bonchev–Trinajstić information content (AvgIpc) is 3.21. The number of carbonyl (C=O) groups excluding carboxylic acids is 1. The molecule has 0 unspecified atom stereocenters. The van der Waals surface area contributed by atoms with E-state index in [1.54, 1.807) is 4.90 Å². The van der Waals surface area contributed by atoms with Crippen LogP contribution in [-0.4, -0.2) is 47.9 Å². The number of aromatic nitrogens is 1. The number of benzene rings is 2. The van der Waals surface area contributed by atoms with E-state index in [1.807, 2.05) is 38.5 Å². The Morgan fingerprint density at radius 2 is 1.84 bits per heavy atom. The zero-order valence-corrected chi connectivity index (χ0v) is 19.9. The van der Waals surface area contributed by atoms with Crippen molar-refractivity contribution in [2.75, 3.05) is 27.2 Å². The molecule has 0 radical (unpaired) electrons. The van der Waals surface area contributed by atoms with Gasteiger partial charge in [-0.2, -0.15) is 0 Å². The molecule has 0 atom stereocenters. The average molecular weight is 456 g/mol. The summed E-state index contributed by atoms with van der Waals surface area (Å²) >= 11 is 1.53. The van der Waals surface area contributed by atoms with E-state index in [4.69, 9.17) is 4.74 Å². The highest BCUT2D eigenvalue weighted by Crippen LogP contribution is 2.23. The van der Waals surface area contributed by atoms with Gasteiger partial charge in [-0.15, -0.1) is 11.3 Å². The molecule has 0 spiro atoms. The molecule has 0 N–H and O–H groups in total. The van der Waals surface area contributed by atoms with Gasteiger partial charge in [-0.3, -0.25) is 4.79 Å². The number of nitrogens with zero attached hydrogens (tertiary/aromatic N) is 3. The van der Waals surface area contributed by atoms with E-state index in [-0.39, 0.29) is 11.7 Å². The molecule has 1 heterocycles. The van der Waals surface area contributed by atoms with Gasteiger partial charge in [0, 0.05) is 17.5 Å². The van der Waals surface area contributed by atoms with Gasteiger partial charge in [0.1, 0.15) is 23.2 Å². The predicted molar refractivity (Wildman–Crippen MR) is 127 cm³/mol. The van der Waals surface area contributed by atoms with Crippen molar-refractivity contribution in [2.24, 2.45) is 0 Å². The van der Waals surface area contributed by atoms with Crippen LogP contribution in [0.1, 0.15) is 38.6 Å². The highest BCUT2D eigenvalue weighted by molar-refractivity contribution is 7.09. The molecular weight excluding hydrogens is 425 g/mol. The second kappa shape index (κ2) is 11.2. The third-order valence-corrected chi connectivity index (χ3v) is 6.14. The van der Waals surface area contributed by atoms with Crippen LogP contribution in [0.25, 0.3) is 0 Å². The number of thiazole rings is 1. The second-order valence-corrected chi connectivity index (χ2v) is 9.05. The first-order chi connectivity index (χ1) is 15.3. The lowest BCUT2D eigenvalue weighted by atomic mass is 10.1. The van der Waals surface area contributed by atoms with Gasteiger partial charge in [0.05, 0.1) is 12.2 Å². The van der Waals surface area contributed by atoms with Gasteiger partial charge in [0.25, 0.3) is 5.91 Å². The van der Waals surface area contributed by atoms with Gasteiger partial charge in [0.2, 0.25) is 0 Å². The van der Waals surface area contributed by atoms with Gasteiger partial charge in [-0.05, 0) is 82.4 Å². The third-order valence-electron chi connectivity index (χ3n) is 5.27. The van der Waals surface area contributed by atoms with E-state index < -0.39 is 0 Å². The number of rotatable bonds is 10. The van der Waals surface area contributed by atoms with Crippen molar-refractivity contribution in [3.8, 4) is 5.75 Å². The molecule has 32 heavy (non-hydrogen) atoms. The summed E-state index contributed by atoms with van der Waals surface area (Å²) in [6.07, 6.45) is 0.840. The maximum Gasteiger partial charge on any atom is 0.254 e. The minimum atomic E-state index is -0.353. The monoisotopic (exact) mass is 455 g/mol. The number of hydrogen-bond donors (Lipinski definition) is 0. The standard InChI is InChI=1S/C25H30FN3O2S/c1-18-7-5-8-23(19(18)2)31-16-24-27-22(17-32-24)15-29(14-6-13-28(3)4)25(30)20-9-11-21(26)12-10-20/h5,7-12,17H,6,13-16H2,1-4H3. The first kappa shape index (κ1) is 23.9. The third kappa shape index (κ3) is 6.61. The predicted octanol–water partition coefficient (Wildman–Crippen LogP) is 5.07. The Bertz CT molecular complexity index is 1030. The fourth-order valence-electron chi connectivity index (χ4n) is 3.31. The Balaban J connectivity index is 1.67. The van der Waals surface area contributed by atoms with Gasteiger partial charge < -0.3 is 14.5 Å². The van der Waals surface area contributed by atoms with Crippen LogP contribution < -0.4 is 4.74 Å². The van der Waals surface area contributed by atoms with E-state index in [9.17, 15) is 9.18 Å². The smallest absolute Gasteiger partial charge is 0.254 e. The Morgan fingerprint density at radius 3 is 2.56 bits per heavy atom. The molecule has 0 saturated carbocycles. The van der Waals surface area contributed by atoms with Crippen molar-refractivity contribution in [3.05, 3.63) is 81.1 Å². The van der Waals surface area contributed by atoms with Crippen LogP contribution in [0.15, 0.2) is 47.8 Å². The molecule has 0 bridgehead atoms. The molecule has 170 valence electrons. The van der Waals surface area contributed by atoms with E-state index in [0.717, 1.165) is 35.0 Å². The molecule has 0 fully saturated rings. The zero-order valence-electron chi connectivity index (χ0n) is 19.1. The molecule has 0 saturated heterocycles. The van der Waals surface area contributed by atoms with Crippen LogP contribution in [-0.2, 0) is 13.2 Å². The largest absolute Gasteiger partial charge is 0.486 e. The molecule has 1 aromatic heterocycles. The van der Waals surface area contributed by atoms with E-state index in [1.165, 1.54) is 41.2 Å². The fraction of sp³-hybridized carbons (Fsp3) is 0.360. The summed E-state index contributed by atoms with van der Waals surface area (Å²) < 4.78 is 19.3. The fourth-order valence-corrected chi connectivity index (χ4v) is 4.00. The van der Waals surface area contributed by atoms with E-state index in [2.05, 4.69) is 22.9 Å². The Hall–Kier alpha value is -2.77. The van der Waals surface area contributed by atoms with Crippen molar-refractivity contribution >= 4 is 17.2 Å². The lowest BCUT2D eigenvalue weighted by Gasteiger charge is -2.23. The molecule has 1 amide bonds. The summed E-state index contributed by atoms with van der Waals surface area (Å²) in [4.78, 5) is 21.6. The molecule has 0 aliphatic rings. The molecule has 3 aromatic rings. The summed E-state index contributed by atoms with van der Waals surface area (Å²) in [5, 5.41) is 2.84. The van der Waals surface area contributed by atoms with Crippen molar-refractivity contribution in [1.82, 2.24) is 14.8 Å². The van der Waals surface area contributed by atoms with Gasteiger partial charge in [0.15, 0.2) is 0 Å². The van der Waals surface area contributed by atoms with Crippen LogP contribution in [0.2, 0.25) is 0 Å². The Labute approximate surface area is 193 Å². The lowest BCUT2D eigenvalue weighted by molar-refractivity contribution is 0.0735. The summed E-state index contributed by atoms with van der Waals surface area (Å²) in [5.41, 5.74) is 3.62. The first-order valence-corrected chi connectivity index (χ1v) is 11.5. The summed E-state index contributed by atoms with van der Waals surface area (Å²) in [6.45, 7) is 6.38. The molecule has 5 nitrogen and oxygen atoms in total. The van der Waals surface area contributed by atoms with Crippen molar-refractivity contribution in [3.63, 3.8) is 0 Å². The van der Waals surface area contributed by atoms with Gasteiger partial charge in [-0.25, -0.2) is 9.37 Å². The number of hydrogen-bond acceptors (Lipinski definition) is 5. The molecule has 3 rings (SSSR count). The zero-order chi connectivity index (χ0) is 23.1. The maximum atomic E-state index is 13.3. The maximum absolute atomic E-state index is 13.3. The number of ether oxygens (including phenoxy) is 1. The highest BCUT2D eigenvalue weighted by atomic mass is 32.1. The van der Waals surface area contributed by atoms with Crippen LogP contribution >= 0.6 is 11.3 Å². The normalized spacial score (nSPS) is 11.1. The molecule has 7 heteroatoms. The van der Waals surface area contributed by atoms with Crippen molar-refractivity contribution in [2.45, 2.75) is 33.4 Å². The van der Waals surface area contributed by atoms with Crippen molar-refractivity contribution < 1.29 is 13.9 Å². The van der Waals surface area contributed by atoms with E-state index >= 15 is 0 Å². The number of amides is 1. The quantitative estimate of drug-likeness (QED) is 0.428. The van der Waals surface area contributed by atoms with Gasteiger partial charge in [-0.1, -0.05) is 12.1 Å². The Kier molecular flexibility index (Phi) is 8.36. The topological polar surface area (TPSA) is 45.7 Å². The minimum Gasteiger partial charge on any atom is -0.486 e. The first-order valence-electron chi connectivity index (χ1n) is 10.7. The summed E-state index contributed by atoms with van der Waals surface area (Å²) in [6, 6.07) is 11.7.